The van der Waals surface area contributed by atoms with E-state index in [4.69, 9.17) is 32.0 Å². The Morgan fingerprint density at radius 1 is 1.17 bits per heavy atom. The maximum Gasteiger partial charge on any atom is 0.196 e. The number of halogens is 1. The fourth-order valence-electron chi connectivity index (χ4n) is 0.548. The van der Waals surface area contributed by atoms with Crippen molar-refractivity contribution in [2.45, 2.75) is 30.8 Å². The minimum absolute atomic E-state index is 1.10. The Kier molecular flexibility index (Phi) is 4.66. The van der Waals surface area contributed by atoms with Gasteiger partial charge in [-0.2, -0.15) is 0 Å². The van der Waals surface area contributed by atoms with Crippen LogP contribution < -0.4 is 0 Å². The topological polar surface area (TPSA) is 98.0 Å². The summed E-state index contributed by atoms with van der Waals surface area (Å²) in [5.74, 6) is -1.10. The maximum atomic E-state index is 10.8. The van der Waals surface area contributed by atoms with E-state index in [0.717, 1.165) is 0 Å². The van der Waals surface area contributed by atoms with Crippen LogP contribution in [-0.2, 0) is 4.79 Å². The number of aliphatic hydroxyl groups excluding tert-OH is 4. The number of Topliss-reactive ketones (excluding diaryl/α,β-unsaturated/α-hetero) is 1. The van der Waals surface area contributed by atoms with Gasteiger partial charge in [0.1, 0.15) is 6.10 Å². The molecule has 1 unspecified atom stereocenters. The van der Waals surface area contributed by atoms with Crippen LogP contribution in [0.4, 0.5) is 0 Å². The average molecular weight is 199 g/mol. The molecule has 0 aromatic heterocycles. The molecule has 0 saturated heterocycles. The van der Waals surface area contributed by atoms with E-state index in [2.05, 4.69) is 0 Å². The molecule has 72 valence electrons. The number of aliphatic hydroxyl groups is 4. The quantitative estimate of drug-likeness (QED) is 0.400. The van der Waals surface area contributed by atoms with E-state index >= 15 is 0 Å². The Morgan fingerprint density at radius 2 is 1.58 bits per heavy atom. The van der Waals surface area contributed by atoms with Crippen molar-refractivity contribution in [1.82, 2.24) is 0 Å². The van der Waals surface area contributed by atoms with Crippen LogP contribution in [0.3, 0.4) is 0 Å². The monoisotopic (exact) mass is 198 g/mol. The first-order chi connectivity index (χ1) is 5.37. The van der Waals surface area contributed by atoms with Crippen molar-refractivity contribution < 1.29 is 25.2 Å². The largest absolute Gasteiger partial charge is 0.390 e. The normalized spacial score (nSPS) is 21.2. The van der Waals surface area contributed by atoms with Gasteiger partial charge in [0.25, 0.3) is 0 Å². The summed E-state index contributed by atoms with van der Waals surface area (Å²) < 4.78 is 0. The Bertz CT molecular complexity index is 142. The smallest absolute Gasteiger partial charge is 0.196 e. The van der Waals surface area contributed by atoms with Crippen molar-refractivity contribution in [3.63, 3.8) is 0 Å². The predicted molar refractivity (Wildman–Crippen MR) is 40.6 cm³/mol. The van der Waals surface area contributed by atoms with Crippen molar-refractivity contribution >= 4 is 17.4 Å². The number of alkyl halides is 1. The molecule has 4 N–H and O–H groups in total. The SMILES string of the molecule is C[C@@H](O)[C@H](O)C(=O)[C@H](O)C(O)Cl. The lowest BCUT2D eigenvalue weighted by molar-refractivity contribution is -0.143. The van der Waals surface area contributed by atoms with Gasteiger partial charge < -0.3 is 20.4 Å². The van der Waals surface area contributed by atoms with Gasteiger partial charge in [-0.15, -0.1) is 0 Å². The lowest BCUT2D eigenvalue weighted by Crippen LogP contribution is -2.43. The molecule has 0 spiro atoms. The van der Waals surface area contributed by atoms with Crippen molar-refractivity contribution in [3.8, 4) is 0 Å². The summed E-state index contributed by atoms with van der Waals surface area (Å²) in [4.78, 5) is 10.8. The second kappa shape index (κ2) is 4.74. The molecule has 0 aliphatic heterocycles. The predicted octanol–water partition coefficient (Wildman–Crippen LogP) is -1.78. The van der Waals surface area contributed by atoms with Crippen molar-refractivity contribution in [2.75, 3.05) is 0 Å². The molecule has 6 heteroatoms. The average Bonchev–Trinajstić information content (AvgIpc) is 2.00. The zero-order valence-corrected chi connectivity index (χ0v) is 7.14. The fraction of sp³-hybridized carbons (Fsp3) is 0.833. The molecule has 0 amide bonds. The molecule has 0 bridgehead atoms. The van der Waals surface area contributed by atoms with E-state index in [1.54, 1.807) is 0 Å². The van der Waals surface area contributed by atoms with Gasteiger partial charge in [0.15, 0.2) is 17.5 Å². The Morgan fingerprint density at radius 3 is 1.83 bits per heavy atom. The second-order valence-corrected chi connectivity index (χ2v) is 2.85. The molecule has 0 saturated carbocycles. The van der Waals surface area contributed by atoms with E-state index in [9.17, 15) is 4.79 Å². The van der Waals surface area contributed by atoms with Gasteiger partial charge in [0, 0.05) is 0 Å². The lowest BCUT2D eigenvalue weighted by Gasteiger charge is -2.17. The third kappa shape index (κ3) is 3.04. The molecule has 0 aromatic rings. The highest BCUT2D eigenvalue weighted by Gasteiger charge is 2.30. The van der Waals surface area contributed by atoms with Crippen LogP contribution in [0.25, 0.3) is 0 Å². The fourth-order valence-corrected chi connectivity index (χ4v) is 0.672. The number of carbonyl (C=O) groups is 1. The van der Waals surface area contributed by atoms with Crippen LogP contribution in [0.15, 0.2) is 0 Å². The zero-order valence-electron chi connectivity index (χ0n) is 6.38. The zero-order chi connectivity index (χ0) is 9.89. The molecule has 0 heterocycles. The van der Waals surface area contributed by atoms with Gasteiger partial charge in [0.2, 0.25) is 0 Å². The van der Waals surface area contributed by atoms with Crippen LogP contribution in [0, 0.1) is 0 Å². The third-order valence-electron chi connectivity index (χ3n) is 1.30. The first kappa shape index (κ1) is 11.8. The van der Waals surface area contributed by atoms with Gasteiger partial charge in [-0.1, -0.05) is 11.6 Å². The Hall–Kier alpha value is -0.200. The summed E-state index contributed by atoms with van der Waals surface area (Å²) in [5.41, 5.74) is -1.77. The summed E-state index contributed by atoms with van der Waals surface area (Å²) in [7, 11) is 0. The standard InChI is InChI=1S/C6H11ClO5/c1-2(8)3(9)4(10)5(11)6(7)12/h2-3,5-6,8-9,11-12H,1H3/t2-,3+,5+,6?/m1/s1. The Labute approximate surface area is 74.2 Å². The van der Waals surface area contributed by atoms with Crippen LogP contribution in [0.1, 0.15) is 6.92 Å². The Balaban J connectivity index is 4.19. The molecular formula is C6H11ClO5. The number of carbonyl (C=O) groups excluding carboxylic acids is 1. The number of rotatable bonds is 4. The van der Waals surface area contributed by atoms with E-state index in [0.29, 0.717) is 0 Å². The summed E-state index contributed by atoms with van der Waals surface area (Å²) in [6.07, 6.45) is -4.91. The van der Waals surface area contributed by atoms with Gasteiger partial charge in [-0.05, 0) is 6.92 Å². The van der Waals surface area contributed by atoms with Gasteiger partial charge in [-0.25, -0.2) is 0 Å². The van der Waals surface area contributed by atoms with E-state index in [1.165, 1.54) is 6.92 Å². The molecule has 0 aliphatic carbocycles. The van der Waals surface area contributed by atoms with Gasteiger partial charge >= 0.3 is 0 Å². The minimum Gasteiger partial charge on any atom is -0.390 e. The van der Waals surface area contributed by atoms with Crippen molar-refractivity contribution in [2.24, 2.45) is 0 Å². The molecule has 0 radical (unpaired) electrons. The lowest BCUT2D eigenvalue weighted by atomic mass is 10.1. The molecule has 0 aliphatic rings. The highest BCUT2D eigenvalue weighted by Crippen LogP contribution is 2.05. The van der Waals surface area contributed by atoms with Gasteiger partial charge in [-0.3, -0.25) is 4.79 Å². The molecule has 0 aromatic carbocycles. The first-order valence-corrected chi connectivity index (χ1v) is 3.71. The van der Waals surface area contributed by atoms with Crippen molar-refractivity contribution in [1.29, 1.82) is 0 Å². The maximum absolute atomic E-state index is 10.8. The van der Waals surface area contributed by atoms with Gasteiger partial charge in [0.05, 0.1) is 6.10 Å². The number of hydrogen-bond donors (Lipinski definition) is 4. The minimum atomic E-state index is -1.88. The van der Waals surface area contributed by atoms with Crippen molar-refractivity contribution in [3.05, 3.63) is 0 Å². The summed E-state index contributed by atoms with van der Waals surface area (Å²) in [6, 6.07) is 0. The second-order valence-electron chi connectivity index (χ2n) is 2.41. The van der Waals surface area contributed by atoms with Crippen LogP contribution >= 0.6 is 11.6 Å². The highest BCUT2D eigenvalue weighted by atomic mass is 35.5. The number of ketones is 1. The molecular weight excluding hydrogens is 188 g/mol. The van der Waals surface area contributed by atoms with Crippen LogP contribution in [0.5, 0.6) is 0 Å². The van der Waals surface area contributed by atoms with E-state index < -0.39 is 29.7 Å². The van der Waals surface area contributed by atoms with Crippen LogP contribution in [0.2, 0.25) is 0 Å². The molecule has 0 rings (SSSR count). The van der Waals surface area contributed by atoms with E-state index in [1.807, 2.05) is 0 Å². The number of hydrogen-bond acceptors (Lipinski definition) is 5. The summed E-state index contributed by atoms with van der Waals surface area (Å²) in [5, 5.41) is 34.9. The molecule has 0 fully saturated rings. The third-order valence-corrected chi connectivity index (χ3v) is 1.54. The summed E-state index contributed by atoms with van der Waals surface area (Å²) >= 11 is 4.96. The summed E-state index contributed by atoms with van der Waals surface area (Å²) in [6.45, 7) is 1.18. The van der Waals surface area contributed by atoms with Crippen LogP contribution in [-0.4, -0.2) is 50.1 Å². The molecule has 12 heavy (non-hydrogen) atoms. The molecule has 4 atom stereocenters. The first-order valence-electron chi connectivity index (χ1n) is 3.28. The van der Waals surface area contributed by atoms with E-state index in [-0.39, 0.29) is 0 Å². The highest BCUT2D eigenvalue weighted by molar-refractivity contribution is 6.21. The molecule has 5 nitrogen and oxygen atoms in total.